The maximum Gasteiger partial charge on any atom is -0.00606 e. The van der Waals surface area contributed by atoms with E-state index in [1.165, 1.54) is 38.6 Å². The number of hydrogen-bond donors (Lipinski definition) is 0. The van der Waals surface area contributed by atoms with E-state index in [9.17, 15) is 0 Å². The van der Waals surface area contributed by atoms with Gasteiger partial charge in [0.15, 0.2) is 0 Å². The standard InChI is InChI=1S/C20H16/c1-14-11-16-9-10-17(13-18(16)12-14)20-8-4-6-15-5-2-3-7-19(15)20/h2-10,12-13H,11H2,1H3. The van der Waals surface area contributed by atoms with Crippen LogP contribution in [0.5, 0.6) is 0 Å². The molecule has 96 valence electrons. The van der Waals surface area contributed by atoms with E-state index in [1.54, 1.807) is 0 Å². The van der Waals surface area contributed by atoms with Crippen molar-refractivity contribution in [3.05, 3.63) is 77.4 Å². The summed E-state index contributed by atoms with van der Waals surface area (Å²) in [6.07, 6.45) is 3.41. The summed E-state index contributed by atoms with van der Waals surface area (Å²) in [4.78, 5) is 0. The van der Waals surface area contributed by atoms with Gasteiger partial charge in [-0.25, -0.2) is 0 Å². The van der Waals surface area contributed by atoms with E-state index in [0.29, 0.717) is 0 Å². The predicted octanol–water partition coefficient (Wildman–Crippen LogP) is 5.47. The van der Waals surface area contributed by atoms with Crippen LogP contribution in [-0.4, -0.2) is 0 Å². The third kappa shape index (κ3) is 1.77. The van der Waals surface area contributed by atoms with Gasteiger partial charge in [-0.2, -0.15) is 0 Å². The lowest BCUT2D eigenvalue weighted by Crippen LogP contribution is -1.86. The molecule has 0 heteroatoms. The summed E-state index contributed by atoms with van der Waals surface area (Å²) in [5, 5.41) is 2.63. The molecule has 0 fully saturated rings. The molecule has 1 aliphatic carbocycles. The molecule has 0 bridgehead atoms. The molecule has 0 atom stereocenters. The molecule has 0 amide bonds. The summed E-state index contributed by atoms with van der Waals surface area (Å²) in [5.74, 6) is 0. The van der Waals surface area contributed by atoms with Crippen molar-refractivity contribution in [3.63, 3.8) is 0 Å². The van der Waals surface area contributed by atoms with E-state index in [-0.39, 0.29) is 0 Å². The van der Waals surface area contributed by atoms with Crippen LogP contribution in [0.4, 0.5) is 0 Å². The van der Waals surface area contributed by atoms with Crippen molar-refractivity contribution < 1.29 is 0 Å². The molecule has 0 N–H and O–H groups in total. The van der Waals surface area contributed by atoms with Crippen LogP contribution in [-0.2, 0) is 6.42 Å². The quantitative estimate of drug-likeness (QED) is 0.542. The van der Waals surface area contributed by atoms with Crippen LogP contribution in [0.2, 0.25) is 0 Å². The topological polar surface area (TPSA) is 0 Å². The van der Waals surface area contributed by atoms with Crippen LogP contribution in [0, 0.1) is 0 Å². The molecule has 1 aliphatic rings. The van der Waals surface area contributed by atoms with Gasteiger partial charge in [-0.15, -0.1) is 0 Å². The molecule has 0 aromatic heterocycles. The minimum Gasteiger partial charge on any atom is -0.0683 e. The average molecular weight is 256 g/mol. The number of benzene rings is 3. The van der Waals surface area contributed by atoms with Gasteiger partial charge in [0, 0.05) is 0 Å². The highest BCUT2D eigenvalue weighted by Gasteiger charge is 2.11. The van der Waals surface area contributed by atoms with Crippen molar-refractivity contribution >= 4 is 16.8 Å². The first-order chi connectivity index (χ1) is 9.81. The van der Waals surface area contributed by atoms with Gasteiger partial charge in [0.2, 0.25) is 0 Å². The maximum atomic E-state index is 2.33. The second kappa shape index (κ2) is 4.35. The number of rotatable bonds is 1. The number of fused-ring (bicyclic) bond motifs is 2. The highest BCUT2D eigenvalue weighted by atomic mass is 14.2. The molecule has 3 aromatic rings. The van der Waals surface area contributed by atoms with Crippen LogP contribution in [0.15, 0.2) is 66.2 Å². The molecule has 3 aromatic carbocycles. The highest BCUT2D eigenvalue weighted by molar-refractivity contribution is 5.97. The van der Waals surface area contributed by atoms with E-state index in [1.807, 2.05) is 0 Å². The third-order valence-electron chi connectivity index (χ3n) is 4.12. The molecule has 0 nitrogen and oxygen atoms in total. The Hall–Kier alpha value is -2.34. The number of allylic oxidation sites excluding steroid dienone is 1. The fourth-order valence-corrected chi connectivity index (χ4v) is 3.15. The third-order valence-corrected chi connectivity index (χ3v) is 4.12. The van der Waals surface area contributed by atoms with E-state index in [2.05, 4.69) is 73.7 Å². The molecule has 0 radical (unpaired) electrons. The van der Waals surface area contributed by atoms with Crippen molar-refractivity contribution in [3.8, 4) is 11.1 Å². The van der Waals surface area contributed by atoms with Gasteiger partial charge < -0.3 is 0 Å². The van der Waals surface area contributed by atoms with Gasteiger partial charge >= 0.3 is 0 Å². The minimum absolute atomic E-state index is 1.10. The van der Waals surface area contributed by atoms with Gasteiger partial charge in [0.1, 0.15) is 0 Å². The first-order valence-corrected chi connectivity index (χ1v) is 7.09. The summed E-state index contributed by atoms with van der Waals surface area (Å²) in [5.41, 5.74) is 6.92. The predicted molar refractivity (Wildman–Crippen MR) is 86.7 cm³/mol. The van der Waals surface area contributed by atoms with E-state index >= 15 is 0 Å². The highest BCUT2D eigenvalue weighted by Crippen LogP contribution is 2.33. The largest absolute Gasteiger partial charge is 0.0683 e. The Kier molecular flexibility index (Phi) is 2.50. The van der Waals surface area contributed by atoms with Crippen molar-refractivity contribution in [1.82, 2.24) is 0 Å². The smallest absolute Gasteiger partial charge is 0.00606 e. The summed E-state index contributed by atoms with van der Waals surface area (Å²) < 4.78 is 0. The monoisotopic (exact) mass is 256 g/mol. The summed E-state index contributed by atoms with van der Waals surface area (Å²) in [6, 6.07) is 22.0. The lowest BCUT2D eigenvalue weighted by atomic mass is 9.96. The molecule has 0 spiro atoms. The first kappa shape index (κ1) is 11.5. The minimum atomic E-state index is 1.10. The van der Waals surface area contributed by atoms with Gasteiger partial charge in [-0.3, -0.25) is 0 Å². The van der Waals surface area contributed by atoms with Crippen molar-refractivity contribution in [2.45, 2.75) is 13.3 Å². The Morgan fingerprint density at radius 3 is 2.65 bits per heavy atom. The Labute approximate surface area is 119 Å². The molecule has 0 saturated heterocycles. The van der Waals surface area contributed by atoms with Crippen LogP contribution in [0.1, 0.15) is 18.1 Å². The maximum absolute atomic E-state index is 2.33. The molecule has 0 aliphatic heterocycles. The molecular weight excluding hydrogens is 240 g/mol. The van der Waals surface area contributed by atoms with E-state index < -0.39 is 0 Å². The van der Waals surface area contributed by atoms with Crippen LogP contribution >= 0.6 is 0 Å². The zero-order valence-electron chi connectivity index (χ0n) is 11.6. The second-order valence-electron chi connectivity index (χ2n) is 5.61. The second-order valence-corrected chi connectivity index (χ2v) is 5.61. The van der Waals surface area contributed by atoms with E-state index in [4.69, 9.17) is 0 Å². The van der Waals surface area contributed by atoms with E-state index in [0.717, 1.165) is 6.42 Å². The summed E-state index contributed by atoms with van der Waals surface area (Å²) >= 11 is 0. The molecule has 0 saturated carbocycles. The fraction of sp³-hybridized carbons (Fsp3) is 0.100. The normalized spacial score (nSPS) is 13.3. The SMILES string of the molecule is CC1=Cc2cc(-c3cccc4ccccc34)ccc2C1. The number of hydrogen-bond acceptors (Lipinski definition) is 0. The lowest BCUT2D eigenvalue weighted by Gasteiger charge is -2.08. The van der Waals surface area contributed by atoms with Gasteiger partial charge in [-0.05, 0) is 52.4 Å². The van der Waals surface area contributed by atoms with Gasteiger partial charge in [-0.1, -0.05) is 66.2 Å². The summed E-state index contributed by atoms with van der Waals surface area (Å²) in [6.45, 7) is 2.21. The molecular formula is C20H16. The molecule has 0 unspecified atom stereocenters. The van der Waals surface area contributed by atoms with Gasteiger partial charge in [0.25, 0.3) is 0 Å². The molecule has 0 heterocycles. The van der Waals surface area contributed by atoms with Gasteiger partial charge in [0.05, 0.1) is 0 Å². The van der Waals surface area contributed by atoms with Crippen molar-refractivity contribution in [1.29, 1.82) is 0 Å². The zero-order chi connectivity index (χ0) is 13.5. The average Bonchev–Trinajstić information content (AvgIpc) is 2.85. The Balaban J connectivity index is 1.94. The zero-order valence-corrected chi connectivity index (χ0v) is 11.6. The first-order valence-electron chi connectivity index (χ1n) is 7.09. The summed E-state index contributed by atoms with van der Waals surface area (Å²) in [7, 11) is 0. The van der Waals surface area contributed by atoms with Crippen LogP contribution in [0.3, 0.4) is 0 Å². The lowest BCUT2D eigenvalue weighted by molar-refractivity contribution is 1.20. The fourth-order valence-electron chi connectivity index (χ4n) is 3.15. The molecule has 4 rings (SSSR count). The Morgan fingerprint density at radius 2 is 1.70 bits per heavy atom. The van der Waals surface area contributed by atoms with Crippen molar-refractivity contribution in [2.24, 2.45) is 0 Å². The van der Waals surface area contributed by atoms with Crippen LogP contribution < -0.4 is 0 Å². The molecule has 20 heavy (non-hydrogen) atoms. The van der Waals surface area contributed by atoms with Crippen molar-refractivity contribution in [2.75, 3.05) is 0 Å². The Morgan fingerprint density at radius 1 is 0.850 bits per heavy atom. The van der Waals surface area contributed by atoms with Crippen LogP contribution in [0.25, 0.3) is 28.0 Å². The Bertz CT molecular complexity index is 832.